The van der Waals surface area contributed by atoms with Crippen molar-refractivity contribution in [3.8, 4) is 0 Å². The van der Waals surface area contributed by atoms with Crippen molar-refractivity contribution >= 4 is 23.5 Å². The molecule has 1 atom stereocenters. The second-order valence-electron chi connectivity index (χ2n) is 4.75. The zero-order chi connectivity index (χ0) is 14.7. The fourth-order valence-corrected chi connectivity index (χ4v) is 2.16. The van der Waals surface area contributed by atoms with Crippen molar-refractivity contribution in [3.05, 3.63) is 29.3 Å². The van der Waals surface area contributed by atoms with Crippen molar-refractivity contribution in [2.24, 2.45) is 0 Å². The molecule has 1 unspecified atom stereocenters. The van der Waals surface area contributed by atoms with Gasteiger partial charge in [-0.05, 0) is 30.2 Å². The van der Waals surface area contributed by atoms with Crippen LogP contribution in [-0.4, -0.2) is 28.9 Å². The summed E-state index contributed by atoms with van der Waals surface area (Å²) in [6.07, 6.45) is 1.29. The van der Waals surface area contributed by atoms with Gasteiger partial charge in [0.15, 0.2) is 0 Å². The van der Waals surface area contributed by atoms with Gasteiger partial charge in [0.2, 0.25) is 5.91 Å². The highest BCUT2D eigenvalue weighted by molar-refractivity contribution is 6.02. The largest absolute Gasteiger partial charge is 0.480 e. The fourth-order valence-electron chi connectivity index (χ4n) is 2.16. The molecule has 2 amide bonds. The Hall–Kier alpha value is -2.37. The van der Waals surface area contributed by atoms with Crippen LogP contribution in [0.4, 0.5) is 5.69 Å². The van der Waals surface area contributed by atoms with Crippen LogP contribution in [0.2, 0.25) is 0 Å². The second-order valence-corrected chi connectivity index (χ2v) is 4.75. The van der Waals surface area contributed by atoms with Crippen molar-refractivity contribution in [1.29, 1.82) is 0 Å². The predicted molar refractivity (Wildman–Crippen MR) is 72.6 cm³/mol. The Morgan fingerprint density at radius 1 is 1.45 bits per heavy atom. The number of carbonyl (C=O) groups is 3. The van der Waals surface area contributed by atoms with E-state index < -0.39 is 17.9 Å². The smallest absolute Gasteiger partial charge is 0.326 e. The lowest BCUT2D eigenvalue weighted by Crippen LogP contribution is -2.40. The minimum atomic E-state index is -1.04. The maximum atomic E-state index is 12.0. The van der Waals surface area contributed by atoms with E-state index in [9.17, 15) is 14.4 Å². The molecule has 0 aromatic heterocycles. The lowest BCUT2D eigenvalue weighted by molar-refractivity contribution is -0.139. The van der Waals surface area contributed by atoms with Gasteiger partial charge in [0.25, 0.3) is 5.91 Å². The Kier molecular flexibility index (Phi) is 4.02. The number of carbonyl (C=O) groups excluding carboxylic acids is 2. The number of hydrogen-bond acceptors (Lipinski definition) is 3. The average molecular weight is 276 g/mol. The zero-order valence-electron chi connectivity index (χ0n) is 11.1. The first-order valence-corrected chi connectivity index (χ1v) is 6.47. The summed E-state index contributed by atoms with van der Waals surface area (Å²) in [5.41, 5.74) is 1.82. The van der Waals surface area contributed by atoms with E-state index in [2.05, 4.69) is 10.6 Å². The summed E-state index contributed by atoms with van der Waals surface area (Å²) in [5, 5.41) is 14.2. The standard InChI is InChI=1S/C14H16N2O4/c1-2-3-11(14(19)20)16-13(18)8-4-5-10-9(6-8)7-12(17)15-10/h4-6,11H,2-3,7H2,1H3,(H,15,17)(H,16,18)(H,19,20). The molecular weight excluding hydrogens is 260 g/mol. The summed E-state index contributed by atoms with van der Waals surface area (Å²) >= 11 is 0. The van der Waals surface area contributed by atoms with Gasteiger partial charge in [0, 0.05) is 11.3 Å². The minimum absolute atomic E-state index is 0.105. The van der Waals surface area contributed by atoms with Crippen molar-refractivity contribution in [2.45, 2.75) is 32.2 Å². The topological polar surface area (TPSA) is 95.5 Å². The maximum Gasteiger partial charge on any atom is 0.326 e. The van der Waals surface area contributed by atoms with Crippen LogP contribution in [0.1, 0.15) is 35.7 Å². The van der Waals surface area contributed by atoms with Gasteiger partial charge in [-0.15, -0.1) is 0 Å². The minimum Gasteiger partial charge on any atom is -0.480 e. The molecule has 0 bridgehead atoms. The second kappa shape index (κ2) is 5.73. The molecule has 1 aromatic carbocycles. The number of aliphatic carboxylic acids is 1. The van der Waals surface area contributed by atoms with Crippen LogP contribution in [-0.2, 0) is 16.0 Å². The van der Waals surface area contributed by atoms with Crippen LogP contribution in [0.15, 0.2) is 18.2 Å². The molecule has 0 saturated carbocycles. The summed E-state index contributed by atoms with van der Waals surface area (Å²) in [6, 6.07) is 3.96. The Balaban J connectivity index is 2.12. The number of fused-ring (bicyclic) bond motifs is 1. The Bertz CT molecular complexity index is 568. The van der Waals surface area contributed by atoms with Crippen LogP contribution >= 0.6 is 0 Å². The van der Waals surface area contributed by atoms with Crippen molar-refractivity contribution in [1.82, 2.24) is 5.32 Å². The number of nitrogens with one attached hydrogen (secondary N) is 2. The summed E-state index contributed by atoms with van der Waals surface area (Å²) < 4.78 is 0. The molecule has 1 aliphatic rings. The van der Waals surface area contributed by atoms with Gasteiger partial charge >= 0.3 is 5.97 Å². The third-order valence-corrected chi connectivity index (χ3v) is 3.17. The molecule has 0 saturated heterocycles. The highest BCUT2D eigenvalue weighted by atomic mass is 16.4. The van der Waals surface area contributed by atoms with Gasteiger partial charge in [-0.1, -0.05) is 13.3 Å². The number of anilines is 1. The van der Waals surface area contributed by atoms with Crippen LogP contribution in [0.3, 0.4) is 0 Å². The van der Waals surface area contributed by atoms with Crippen molar-refractivity contribution in [2.75, 3.05) is 5.32 Å². The Morgan fingerprint density at radius 2 is 2.20 bits per heavy atom. The SMILES string of the molecule is CCCC(NC(=O)c1ccc2c(c1)CC(=O)N2)C(=O)O. The predicted octanol–water partition coefficient (Wildman–Crippen LogP) is 1.16. The zero-order valence-corrected chi connectivity index (χ0v) is 11.1. The van der Waals surface area contributed by atoms with Gasteiger partial charge in [0.05, 0.1) is 6.42 Å². The first-order chi connectivity index (χ1) is 9.51. The normalized spacial score (nSPS) is 14.3. The van der Waals surface area contributed by atoms with E-state index in [-0.39, 0.29) is 12.3 Å². The number of rotatable bonds is 5. The first kappa shape index (κ1) is 14.0. The number of benzene rings is 1. The number of carboxylic acid groups (broad SMARTS) is 1. The monoisotopic (exact) mass is 276 g/mol. The van der Waals surface area contributed by atoms with E-state index in [0.717, 1.165) is 5.56 Å². The lowest BCUT2D eigenvalue weighted by atomic mass is 10.1. The molecule has 106 valence electrons. The summed E-state index contributed by atoms with van der Waals surface area (Å²) in [6.45, 7) is 1.86. The van der Waals surface area contributed by atoms with E-state index in [1.54, 1.807) is 18.2 Å². The van der Waals surface area contributed by atoms with Crippen LogP contribution in [0.25, 0.3) is 0 Å². The molecule has 0 spiro atoms. The molecular formula is C14H16N2O4. The fraction of sp³-hybridized carbons (Fsp3) is 0.357. The van der Waals surface area contributed by atoms with Crippen LogP contribution in [0, 0.1) is 0 Å². The molecule has 0 fully saturated rings. The van der Waals surface area contributed by atoms with Crippen LogP contribution < -0.4 is 10.6 Å². The highest BCUT2D eigenvalue weighted by Gasteiger charge is 2.22. The molecule has 0 aliphatic carbocycles. The van der Waals surface area contributed by atoms with E-state index in [1.807, 2.05) is 6.92 Å². The van der Waals surface area contributed by atoms with E-state index in [1.165, 1.54) is 0 Å². The van der Waals surface area contributed by atoms with Gasteiger partial charge in [-0.25, -0.2) is 4.79 Å². The average Bonchev–Trinajstić information content (AvgIpc) is 2.76. The van der Waals surface area contributed by atoms with Gasteiger partial charge in [-0.3, -0.25) is 9.59 Å². The Labute approximate surface area is 116 Å². The van der Waals surface area contributed by atoms with Gasteiger partial charge in [-0.2, -0.15) is 0 Å². The lowest BCUT2D eigenvalue weighted by Gasteiger charge is -2.13. The van der Waals surface area contributed by atoms with Gasteiger partial charge in [0.1, 0.15) is 6.04 Å². The van der Waals surface area contributed by atoms with Crippen LogP contribution in [0.5, 0.6) is 0 Å². The molecule has 20 heavy (non-hydrogen) atoms. The molecule has 6 heteroatoms. The van der Waals surface area contributed by atoms with Crippen molar-refractivity contribution < 1.29 is 19.5 Å². The molecule has 1 heterocycles. The molecule has 2 rings (SSSR count). The van der Waals surface area contributed by atoms with Crippen molar-refractivity contribution in [3.63, 3.8) is 0 Å². The quantitative estimate of drug-likeness (QED) is 0.752. The maximum absolute atomic E-state index is 12.0. The first-order valence-electron chi connectivity index (χ1n) is 6.47. The number of hydrogen-bond donors (Lipinski definition) is 3. The van der Waals surface area contributed by atoms with Gasteiger partial charge < -0.3 is 15.7 Å². The Morgan fingerprint density at radius 3 is 2.85 bits per heavy atom. The van der Waals surface area contributed by atoms with E-state index in [4.69, 9.17) is 5.11 Å². The highest BCUT2D eigenvalue weighted by Crippen LogP contribution is 2.23. The molecule has 1 aliphatic heterocycles. The third-order valence-electron chi connectivity index (χ3n) is 3.17. The molecule has 0 radical (unpaired) electrons. The third kappa shape index (κ3) is 2.96. The van der Waals surface area contributed by atoms with E-state index >= 15 is 0 Å². The molecule has 3 N–H and O–H groups in total. The van der Waals surface area contributed by atoms with E-state index in [0.29, 0.717) is 24.1 Å². The summed E-state index contributed by atoms with van der Waals surface area (Å²) in [7, 11) is 0. The number of amides is 2. The molecule has 1 aromatic rings. The summed E-state index contributed by atoms with van der Waals surface area (Å²) in [5.74, 6) is -1.59. The summed E-state index contributed by atoms with van der Waals surface area (Å²) in [4.78, 5) is 34.3. The molecule has 6 nitrogen and oxygen atoms in total. The number of carboxylic acids is 1.